The van der Waals surface area contributed by atoms with Crippen molar-refractivity contribution in [3.63, 3.8) is 0 Å². The second-order valence-electron chi connectivity index (χ2n) is 9.54. The molecule has 0 radical (unpaired) electrons. The van der Waals surface area contributed by atoms with E-state index >= 15 is 0 Å². The zero-order valence-corrected chi connectivity index (χ0v) is 19.6. The van der Waals surface area contributed by atoms with Gasteiger partial charge in [-0.3, -0.25) is 4.79 Å². The number of amides is 2. The number of ether oxygens (including phenoxy) is 1. The van der Waals surface area contributed by atoms with E-state index in [4.69, 9.17) is 4.74 Å². The van der Waals surface area contributed by atoms with Gasteiger partial charge in [-0.15, -0.1) is 0 Å². The molecule has 2 aliphatic rings. The van der Waals surface area contributed by atoms with Gasteiger partial charge in [0.2, 0.25) is 5.91 Å². The van der Waals surface area contributed by atoms with Crippen LogP contribution in [0.2, 0.25) is 0 Å². The lowest BCUT2D eigenvalue weighted by molar-refractivity contribution is -0.144. The Morgan fingerprint density at radius 2 is 1.56 bits per heavy atom. The number of fused-ring (bicyclic) bond motifs is 3. The van der Waals surface area contributed by atoms with Crippen molar-refractivity contribution in [3.8, 4) is 11.1 Å². The standard InChI is InChI=1S/C27H32N2O5/c1-16(2)24(26(31)32)29-25(30)21-13-7-8-14-23(21)28-27(33)34-15-22-19-11-5-3-9-17(19)18-10-4-6-12-20(18)22/h3-6,9-12,16,21-24H,7-8,13-15H2,1-2H3,(H,28,33)(H,29,30)(H,31,32)/t21-,23+,24-/m1/s1. The largest absolute Gasteiger partial charge is 0.480 e. The van der Waals surface area contributed by atoms with Crippen molar-refractivity contribution in [2.24, 2.45) is 11.8 Å². The highest BCUT2D eigenvalue weighted by atomic mass is 16.5. The zero-order chi connectivity index (χ0) is 24.2. The molecule has 1 saturated carbocycles. The van der Waals surface area contributed by atoms with Gasteiger partial charge in [0.25, 0.3) is 0 Å². The van der Waals surface area contributed by atoms with Crippen LogP contribution in [0.4, 0.5) is 4.79 Å². The predicted octanol–water partition coefficient (Wildman–Crippen LogP) is 4.31. The van der Waals surface area contributed by atoms with Crippen molar-refractivity contribution in [1.82, 2.24) is 10.6 Å². The second-order valence-corrected chi connectivity index (χ2v) is 9.54. The van der Waals surface area contributed by atoms with Crippen molar-refractivity contribution in [1.29, 1.82) is 0 Å². The summed E-state index contributed by atoms with van der Waals surface area (Å²) in [6.07, 6.45) is 2.46. The molecule has 0 unspecified atom stereocenters. The summed E-state index contributed by atoms with van der Waals surface area (Å²) in [5, 5.41) is 15.0. The SMILES string of the molecule is CC(C)[C@@H](NC(=O)[C@@H]1CCCC[C@@H]1NC(=O)OCC1c2ccccc2-c2ccccc21)C(=O)O. The first-order valence-electron chi connectivity index (χ1n) is 12.0. The van der Waals surface area contributed by atoms with Crippen molar-refractivity contribution in [3.05, 3.63) is 59.7 Å². The number of benzene rings is 2. The number of hydrogen-bond donors (Lipinski definition) is 3. The molecule has 0 aliphatic heterocycles. The van der Waals surface area contributed by atoms with E-state index in [2.05, 4.69) is 34.9 Å². The van der Waals surface area contributed by atoms with Crippen LogP contribution in [-0.2, 0) is 14.3 Å². The Balaban J connectivity index is 1.39. The predicted molar refractivity (Wildman–Crippen MR) is 128 cm³/mol. The minimum absolute atomic E-state index is 0.0361. The summed E-state index contributed by atoms with van der Waals surface area (Å²) in [4.78, 5) is 37.1. The molecule has 7 heteroatoms. The summed E-state index contributed by atoms with van der Waals surface area (Å²) in [7, 11) is 0. The number of alkyl carbamates (subject to hydrolysis) is 1. The monoisotopic (exact) mass is 464 g/mol. The second kappa shape index (κ2) is 10.3. The van der Waals surface area contributed by atoms with Gasteiger partial charge in [-0.1, -0.05) is 75.2 Å². The van der Waals surface area contributed by atoms with Gasteiger partial charge in [0.05, 0.1) is 5.92 Å². The van der Waals surface area contributed by atoms with E-state index in [-0.39, 0.29) is 30.4 Å². The molecule has 0 spiro atoms. The molecule has 2 amide bonds. The summed E-state index contributed by atoms with van der Waals surface area (Å²) < 4.78 is 5.65. The summed E-state index contributed by atoms with van der Waals surface area (Å²) in [5.41, 5.74) is 4.60. The summed E-state index contributed by atoms with van der Waals surface area (Å²) >= 11 is 0. The number of rotatable bonds is 7. The van der Waals surface area contributed by atoms with Crippen LogP contribution in [0.1, 0.15) is 56.6 Å². The van der Waals surface area contributed by atoms with E-state index in [0.29, 0.717) is 12.8 Å². The Hall–Kier alpha value is -3.35. The van der Waals surface area contributed by atoms with Crippen LogP contribution in [0, 0.1) is 11.8 Å². The number of nitrogens with one attached hydrogen (secondary N) is 2. The van der Waals surface area contributed by atoms with Crippen LogP contribution < -0.4 is 10.6 Å². The fourth-order valence-corrected chi connectivity index (χ4v) is 5.18. The first kappa shape index (κ1) is 23.8. The average molecular weight is 465 g/mol. The molecule has 3 atom stereocenters. The lowest BCUT2D eigenvalue weighted by Crippen LogP contribution is -2.53. The van der Waals surface area contributed by atoms with Gasteiger partial charge in [-0.2, -0.15) is 0 Å². The molecule has 0 bridgehead atoms. The van der Waals surface area contributed by atoms with E-state index in [1.165, 1.54) is 0 Å². The minimum atomic E-state index is -1.06. The minimum Gasteiger partial charge on any atom is -0.480 e. The van der Waals surface area contributed by atoms with Crippen LogP contribution in [0.15, 0.2) is 48.5 Å². The Morgan fingerprint density at radius 1 is 0.971 bits per heavy atom. The van der Waals surface area contributed by atoms with E-state index in [0.717, 1.165) is 35.1 Å². The Labute approximate surface area is 199 Å². The van der Waals surface area contributed by atoms with Gasteiger partial charge in [0, 0.05) is 12.0 Å². The number of carbonyl (C=O) groups is 3. The highest BCUT2D eigenvalue weighted by Gasteiger charge is 2.35. The molecule has 7 nitrogen and oxygen atoms in total. The fraction of sp³-hybridized carbons (Fsp3) is 0.444. The number of aliphatic carboxylic acids is 1. The lowest BCUT2D eigenvalue weighted by atomic mass is 9.83. The van der Waals surface area contributed by atoms with E-state index < -0.39 is 24.0 Å². The molecule has 0 saturated heterocycles. The summed E-state index contributed by atoms with van der Waals surface area (Å²) in [6, 6.07) is 15.0. The number of carboxylic acid groups (broad SMARTS) is 1. The van der Waals surface area contributed by atoms with Crippen LogP contribution >= 0.6 is 0 Å². The lowest BCUT2D eigenvalue weighted by Gasteiger charge is -2.32. The molecule has 0 heterocycles. The normalized spacial score (nSPS) is 20.2. The van der Waals surface area contributed by atoms with Crippen LogP contribution in [0.5, 0.6) is 0 Å². The maximum Gasteiger partial charge on any atom is 0.407 e. The van der Waals surface area contributed by atoms with Gasteiger partial charge in [0.1, 0.15) is 12.6 Å². The quantitative estimate of drug-likeness (QED) is 0.566. The summed E-state index contributed by atoms with van der Waals surface area (Å²) in [5.74, 6) is -2.13. The molecular formula is C27H32N2O5. The first-order chi connectivity index (χ1) is 16.4. The number of carboxylic acids is 1. The molecule has 3 N–H and O–H groups in total. The molecule has 34 heavy (non-hydrogen) atoms. The maximum absolute atomic E-state index is 12.9. The van der Waals surface area contributed by atoms with Crippen molar-refractivity contribution < 1.29 is 24.2 Å². The highest BCUT2D eigenvalue weighted by molar-refractivity contribution is 5.86. The first-order valence-corrected chi connectivity index (χ1v) is 12.0. The third-order valence-electron chi connectivity index (χ3n) is 6.98. The average Bonchev–Trinajstić information content (AvgIpc) is 3.14. The fourth-order valence-electron chi connectivity index (χ4n) is 5.18. The van der Waals surface area contributed by atoms with E-state index in [1.807, 2.05) is 24.3 Å². The number of carbonyl (C=O) groups excluding carboxylic acids is 2. The van der Waals surface area contributed by atoms with Gasteiger partial charge in [-0.05, 0) is 41.0 Å². The van der Waals surface area contributed by atoms with Crippen molar-refractivity contribution in [2.45, 2.75) is 57.5 Å². The Kier molecular flexibility index (Phi) is 7.20. The maximum atomic E-state index is 12.9. The van der Waals surface area contributed by atoms with Gasteiger partial charge in [-0.25, -0.2) is 9.59 Å². The van der Waals surface area contributed by atoms with Crippen LogP contribution in [-0.4, -0.2) is 41.8 Å². The third kappa shape index (κ3) is 4.93. The van der Waals surface area contributed by atoms with Crippen molar-refractivity contribution in [2.75, 3.05) is 6.61 Å². The smallest absolute Gasteiger partial charge is 0.407 e. The van der Waals surface area contributed by atoms with Gasteiger partial charge < -0.3 is 20.5 Å². The molecule has 4 rings (SSSR count). The van der Waals surface area contributed by atoms with Crippen LogP contribution in [0.25, 0.3) is 11.1 Å². The zero-order valence-electron chi connectivity index (χ0n) is 19.6. The van der Waals surface area contributed by atoms with E-state index in [9.17, 15) is 19.5 Å². The molecule has 180 valence electrons. The molecule has 2 aromatic carbocycles. The van der Waals surface area contributed by atoms with Crippen LogP contribution in [0.3, 0.4) is 0 Å². The van der Waals surface area contributed by atoms with Gasteiger partial charge in [0.15, 0.2) is 0 Å². The summed E-state index contributed by atoms with van der Waals surface area (Å²) in [6.45, 7) is 3.72. The molecular weight excluding hydrogens is 432 g/mol. The topological polar surface area (TPSA) is 105 Å². The Morgan fingerprint density at radius 3 is 2.15 bits per heavy atom. The Bertz CT molecular complexity index is 1020. The third-order valence-corrected chi connectivity index (χ3v) is 6.98. The molecule has 2 aromatic rings. The molecule has 0 aromatic heterocycles. The van der Waals surface area contributed by atoms with E-state index in [1.54, 1.807) is 13.8 Å². The molecule has 2 aliphatic carbocycles. The highest BCUT2D eigenvalue weighted by Crippen LogP contribution is 2.44. The van der Waals surface area contributed by atoms with Gasteiger partial charge >= 0.3 is 12.1 Å². The van der Waals surface area contributed by atoms with Crippen molar-refractivity contribution >= 4 is 18.0 Å². The molecule has 1 fully saturated rings. The number of hydrogen-bond acceptors (Lipinski definition) is 4.